The molecule has 1 saturated carbocycles. The van der Waals surface area contributed by atoms with Crippen LogP contribution in [0.4, 0.5) is 0 Å². The summed E-state index contributed by atoms with van der Waals surface area (Å²) in [5, 5.41) is 0. The molecule has 0 atom stereocenters. The van der Waals surface area contributed by atoms with Crippen LogP contribution in [0.5, 0.6) is 0 Å². The normalized spacial score (nSPS) is 17.8. The Kier molecular flexibility index (Phi) is 7.25. The van der Waals surface area contributed by atoms with Crippen molar-refractivity contribution < 1.29 is 9.47 Å². The van der Waals surface area contributed by atoms with Crippen molar-refractivity contribution in [3.63, 3.8) is 0 Å². The number of ether oxygens (including phenoxy) is 2. The van der Waals surface area contributed by atoms with Crippen LogP contribution in [0.15, 0.2) is 0 Å². The molecule has 0 heterocycles. The third kappa shape index (κ3) is 4.55. The lowest BCUT2D eigenvalue weighted by Gasteiger charge is -2.40. The van der Waals surface area contributed by atoms with Crippen molar-refractivity contribution in [2.24, 2.45) is 17.3 Å². The van der Waals surface area contributed by atoms with Crippen LogP contribution < -0.4 is 0 Å². The van der Waals surface area contributed by atoms with Crippen molar-refractivity contribution in [2.45, 2.75) is 59.8 Å². The van der Waals surface area contributed by atoms with Gasteiger partial charge in [-0.25, -0.2) is 0 Å². The fraction of sp³-hybridized carbons (Fsp3) is 1.00. The molecule has 0 spiro atoms. The van der Waals surface area contributed by atoms with Gasteiger partial charge in [-0.1, -0.05) is 26.7 Å². The summed E-state index contributed by atoms with van der Waals surface area (Å²) in [6, 6.07) is 0. The summed E-state index contributed by atoms with van der Waals surface area (Å²) in [5.41, 5.74) is 0.261. The molecule has 2 heteroatoms. The average Bonchev–Trinajstić information content (AvgIpc) is 2.86. The van der Waals surface area contributed by atoms with Crippen molar-refractivity contribution in [2.75, 3.05) is 26.4 Å². The Hall–Kier alpha value is -0.0800. The van der Waals surface area contributed by atoms with E-state index in [2.05, 4.69) is 27.7 Å². The van der Waals surface area contributed by atoms with E-state index in [9.17, 15) is 0 Å². The Morgan fingerprint density at radius 3 is 1.89 bits per heavy atom. The maximum absolute atomic E-state index is 5.83. The smallest absolute Gasteiger partial charge is 0.0547 e. The first-order valence-electron chi connectivity index (χ1n) is 7.80. The quantitative estimate of drug-likeness (QED) is 0.613. The van der Waals surface area contributed by atoms with Crippen LogP contribution in [0.2, 0.25) is 0 Å². The van der Waals surface area contributed by atoms with E-state index in [4.69, 9.17) is 9.47 Å². The standard InChI is InChI=1S/C16H32O2/c1-5-17-12-16(11-14(3)4,13-18-6-2)15-9-7-8-10-15/h14-15H,5-13H2,1-4H3. The number of hydrogen-bond donors (Lipinski definition) is 0. The molecule has 0 aliphatic heterocycles. The van der Waals surface area contributed by atoms with Crippen molar-refractivity contribution in [3.05, 3.63) is 0 Å². The van der Waals surface area contributed by atoms with E-state index in [0.29, 0.717) is 5.92 Å². The highest BCUT2D eigenvalue weighted by molar-refractivity contribution is 4.90. The summed E-state index contributed by atoms with van der Waals surface area (Å²) >= 11 is 0. The van der Waals surface area contributed by atoms with E-state index in [1.807, 2.05) is 0 Å². The molecule has 0 saturated heterocycles. The van der Waals surface area contributed by atoms with Gasteiger partial charge in [0.15, 0.2) is 0 Å². The molecule has 0 radical (unpaired) electrons. The third-order valence-corrected chi connectivity index (χ3v) is 4.22. The Balaban J connectivity index is 2.75. The van der Waals surface area contributed by atoms with Gasteiger partial charge in [0.1, 0.15) is 0 Å². The van der Waals surface area contributed by atoms with Crippen molar-refractivity contribution in [1.82, 2.24) is 0 Å². The topological polar surface area (TPSA) is 18.5 Å². The summed E-state index contributed by atoms with van der Waals surface area (Å²) in [6.07, 6.45) is 6.75. The Morgan fingerprint density at radius 1 is 1.00 bits per heavy atom. The maximum atomic E-state index is 5.83. The van der Waals surface area contributed by atoms with E-state index >= 15 is 0 Å². The monoisotopic (exact) mass is 256 g/mol. The van der Waals surface area contributed by atoms with Gasteiger partial charge < -0.3 is 9.47 Å². The summed E-state index contributed by atoms with van der Waals surface area (Å²) < 4.78 is 11.7. The van der Waals surface area contributed by atoms with Crippen LogP contribution in [0, 0.1) is 17.3 Å². The minimum absolute atomic E-state index is 0.261. The van der Waals surface area contributed by atoms with E-state index < -0.39 is 0 Å². The largest absolute Gasteiger partial charge is 0.381 e. The molecule has 108 valence electrons. The highest BCUT2D eigenvalue weighted by Gasteiger charge is 2.41. The van der Waals surface area contributed by atoms with E-state index in [0.717, 1.165) is 32.3 Å². The molecule has 1 aliphatic rings. The third-order valence-electron chi connectivity index (χ3n) is 4.22. The molecule has 0 N–H and O–H groups in total. The van der Waals surface area contributed by atoms with Crippen molar-refractivity contribution in [3.8, 4) is 0 Å². The molecule has 1 fully saturated rings. The van der Waals surface area contributed by atoms with E-state index in [1.54, 1.807) is 0 Å². The van der Waals surface area contributed by atoms with Gasteiger partial charge in [-0.2, -0.15) is 0 Å². The second kappa shape index (κ2) is 8.16. The van der Waals surface area contributed by atoms with Crippen molar-refractivity contribution in [1.29, 1.82) is 0 Å². The molecule has 0 unspecified atom stereocenters. The van der Waals surface area contributed by atoms with E-state index in [1.165, 1.54) is 32.1 Å². The van der Waals surface area contributed by atoms with Crippen LogP contribution >= 0.6 is 0 Å². The fourth-order valence-electron chi connectivity index (χ4n) is 3.52. The summed E-state index contributed by atoms with van der Waals surface area (Å²) in [6.45, 7) is 12.2. The van der Waals surface area contributed by atoms with Crippen LogP contribution in [-0.2, 0) is 9.47 Å². The maximum Gasteiger partial charge on any atom is 0.0547 e. The second-order valence-electron chi connectivity index (χ2n) is 6.22. The zero-order chi connectivity index (χ0) is 13.4. The first-order chi connectivity index (χ1) is 8.64. The first kappa shape index (κ1) is 16.0. The van der Waals surface area contributed by atoms with Crippen molar-refractivity contribution >= 4 is 0 Å². The molecule has 0 amide bonds. The van der Waals surface area contributed by atoms with Gasteiger partial charge in [-0.05, 0) is 44.9 Å². The Morgan fingerprint density at radius 2 is 1.50 bits per heavy atom. The van der Waals surface area contributed by atoms with Gasteiger partial charge >= 0.3 is 0 Å². The van der Waals surface area contributed by atoms with Gasteiger partial charge in [0.05, 0.1) is 13.2 Å². The summed E-state index contributed by atoms with van der Waals surface area (Å²) in [7, 11) is 0. The van der Waals surface area contributed by atoms with Gasteiger partial charge in [-0.15, -0.1) is 0 Å². The lowest BCUT2D eigenvalue weighted by Crippen LogP contribution is -2.40. The van der Waals surface area contributed by atoms with Crippen LogP contribution in [0.25, 0.3) is 0 Å². The zero-order valence-corrected chi connectivity index (χ0v) is 12.8. The molecule has 0 aromatic carbocycles. The minimum atomic E-state index is 0.261. The molecule has 0 aromatic rings. The predicted molar refractivity (Wildman–Crippen MR) is 76.8 cm³/mol. The zero-order valence-electron chi connectivity index (χ0n) is 12.8. The van der Waals surface area contributed by atoms with Crippen LogP contribution in [0.3, 0.4) is 0 Å². The molecule has 18 heavy (non-hydrogen) atoms. The highest BCUT2D eigenvalue weighted by atomic mass is 16.5. The summed E-state index contributed by atoms with van der Waals surface area (Å²) in [5.74, 6) is 1.52. The second-order valence-corrected chi connectivity index (χ2v) is 6.22. The molecular formula is C16H32O2. The molecular weight excluding hydrogens is 224 g/mol. The molecule has 0 bridgehead atoms. The van der Waals surface area contributed by atoms with Gasteiger partial charge in [0.25, 0.3) is 0 Å². The fourth-order valence-corrected chi connectivity index (χ4v) is 3.52. The van der Waals surface area contributed by atoms with E-state index in [-0.39, 0.29) is 5.41 Å². The summed E-state index contributed by atoms with van der Waals surface area (Å²) in [4.78, 5) is 0. The lowest BCUT2D eigenvalue weighted by molar-refractivity contribution is -0.0614. The minimum Gasteiger partial charge on any atom is -0.381 e. The predicted octanol–water partition coefficient (Wildman–Crippen LogP) is 4.28. The van der Waals surface area contributed by atoms with Gasteiger partial charge in [-0.3, -0.25) is 0 Å². The Bertz CT molecular complexity index is 199. The van der Waals surface area contributed by atoms with Gasteiger partial charge in [0.2, 0.25) is 0 Å². The van der Waals surface area contributed by atoms with Crippen LogP contribution in [0.1, 0.15) is 59.8 Å². The first-order valence-corrected chi connectivity index (χ1v) is 7.80. The lowest BCUT2D eigenvalue weighted by atomic mass is 9.70. The molecule has 0 aromatic heterocycles. The van der Waals surface area contributed by atoms with Gasteiger partial charge in [0, 0.05) is 18.6 Å². The molecule has 2 nitrogen and oxygen atoms in total. The average molecular weight is 256 g/mol. The Labute approximate surface area is 113 Å². The number of rotatable bonds is 9. The molecule has 1 rings (SSSR count). The van der Waals surface area contributed by atoms with Crippen LogP contribution in [-0.4, -0.2) is 26.4 Å². The highest BCUT2D eigenvalue weighted by Crippen LogP contribution is 2.44. The SMILES string of the molecule is CCOCC(COCC)(CC(C)C)C1CCCC1. The molecule has 1 aliphatic carbocycles. The number of hydrogen-bond acceptors (Lipinski definition) is 2.